The number of rotatable bonds is 6. The predicted octanol–water partition coefficient (Wildman–Crippen LogP) is 2.57. The van der Waals surface area contributed by atoms with Crippen molar-refractivity contribution in [3.8, 4) is 11.8 Å². The summed E-state index contributed by atoms with van der Waals surface area (Å²) in [6.07, 6.45) is 4.77. The number of nitrogens with one attached hydrogen (secondary N) is 1. The maximum Gasteiger partial charge on any atom is 0.0214 e. The highest BCUT2D eigenvalue weighted by Gasteiger charge is 2.01. The van der Waals surface area contributed by atoms with Gasteiger partial charge in [-0.3, -0.25) is 0 Å². The van der Waals surface area contributed by atoms with E-state index in [1.165, 1.54) is 19.3 Å². The molecule has 1 unspecified atom stereocenters. The molecule has 0 fully saturated rings. The molecule has 0 aliphatic rings. The van der Waals surface area contributed by atoms with Crippen LogP contribution in [0.1, 0.15) is 46.5 Å². The second kappa shape index (κ2) is 8.62. The predicted molar refractivity (Wildman–Crippen MR) is 55.1 cm³/mol. The average molecular weight is 167 g/mol. The monoisotopic (exact) mass is 167 g/mol. The molecule has 0 amide bonds. The van der Waals surface area contributed by atoms with E-state index >= 15 is 0 Å². The van der Waals surface area contributed by atoms with Gasteiger partial charge in [0.1, 0.15) is 0 Å². The lowest BCUT2D eigenvalue weighted by Gasteiger charge is -2.14. The van der Waals surface area contributed by atoms with Gasteiger partial charge in [0.15, 0.2) is 0 Å². The summed E-state index contributed by atoms with van der Waals surface area (Å²) in [5, 5.41) is 3.50. The Morgan fingerprint density at radius 3 is 2.58 bits per heavy atom. The van der Waals surface area contributed by atoms with Crippen molar-refractivity contribution in [2.45, 2.75) is 52.5 Å². The highest BCUT2D eigenvalue weighted by atomic mass is 14.9. The summed E-state index contributed by atoms with van der Waals surface area (Å²) in [5.41, 5.74) is 0. The van der Waals surface area contributed by atoms with Crippen LogP contribution in [0.5, 0.6) is 0 Å². The first kappa shape index (κ1) is 11.5. The van der Waals surface area contributed by atoms with Crippen molar-refractivity contribution in [3.63, 3.8) is 0 Å². The lowest BCUT2D eigenvalue weighted by molar-refractivity contribution is 0.469. The Labute approximate surface area is 76.9 Å². The highest BCUT2D eigenvalue weighted by molar-refractivity contribution is 4.95. The summed E-state index contributed by atoms with van der Waals surface area (Å²) in [5.74, 6) is 5.96. The van der Waals surface area contributed by atoms with E-state index in [4.69, 9.17) is 0 Å². The third kappa shape index (κ3) is 6.24. The fraction of sp³-hybridized carbons (Fsp3) is 0.818. The zero-order valence-electron chi connectivity index (χ0n) is 8.61. The average Bonchev–Trinajstić information content (AvgIpc) is 2.10. The van der Waals surface area contributed by atoms with Crippen LogP contribution in [-0.4, -0.2) is 12.6 Å². The summed E-state index contributed by atoms with van der Waals surface area (Å²) < 4.78 is 0. The Balaban J connectivity index is 3.35. The molecule has 1 heteroatoms. The van der Waals surface area contributed by atoms with Gasteiger partial charge in [-0.2, -0.15) is 0 Å². The van der Waals surface area contributed by atoms with Crippen molar-refractivity contribution < 1.29 is 0 Å². The Bertz CT molecular complexity index is 141. The Kier molecular flexibility index (Phi) is 8.27. The van der Waals surface area contributed by atoms with Crippen molar-refractivity contribution in [1.82, 2.24) is 5.32 Å². The fourth-order valence-electron chi connectivity index (χ4n) is 1.26. The summed E-state index contributed by atoms with van der Waals surface area (Å²) >= 11 is 0. The van der Waals surface area contributed by atoms with E-state index in [1.54, 1.807) is 0 Å². The zero-order chi connectivity index (χ0) is 9.23. The van der Waals surface area contributed by atoms with Gasteiger partial charge in [-0.25, -0.2) is 0 Å². The minimum atomic E-state index is 0.702. The van der Waals surface area contributed by atoms with Gasteiger partial charge in [-0.15, -0.1) is 11.8 Å². The highest BCUT2D eigenvalue weighted by Crippen LogP contribution is 2.00. The quantitative estimate of drug-likeness (QED) is 0.473. The Morgan fingerprint density at radius 1 is 1.33 bits per heavy atom. The van der Waals surface area contributed by atoms with E-state index in [0.717, 1.165) is 13.0 Å². The molecule has 70 valence electrons. The Hall–Kier alpha value is -0.480. The molecule has 12 heavy (non-hydrogen) atoms. The van der Waals surface area contributed by atoms with Gasteiger partial charge >= 0.3 is 0 Å². The van der Waals surface area contributed by atoms with E-state index in [9.17, 15) is 0 Å². The molecule has 0 saturated carbocycles. The van der Waals surface area contributed by atoms with Crippen LogP contribution < -0.4 is 5.32 Å². The minimum absolute atomic E-state index is 0.702. The van der Waals surface area contributed by atoms with Gasteiger partial charge in [0.2, 0.25) is 0 Å². The van der Waals surface area contributed by atoms with E-state index in [0.29, 0.717) is 6.04 Å². The van der Waals surface area contributed by atoms with Crippen molar-refractivity contribution in [1.29, 1.82) is 0 Å². The van der Waals surface area contributed by atoms with Crippen LogP contribution in [0.25, 0.3) is 0 Å². The standard InChI is InChI=1S/C11H21N/c1-4-7-8-10-12-11(6-3)9-5-2/h11-12H,5-6,8-10H2,1-3H3. The van der Waals surface area contributed by atoms with E-state index < -0.39 is 0 Å². The largest absolute Gasteiger partial charge is 0.313 e. The van der Waals surface area contributed by atoms with E-state index in [-0.39, 0.29) is 0 Å². The molecule has 0 saturated heterocycles. The summed E-state index contributed by atoms with van der Waals surface area (Å²) in [6, 6.07) is 0.702. The number of hydrogen-bond acceptors (Lipinski definition) is 1. The first-order valence-corrected chi connectivity index (χ1v) is 4.98. The molecule has 1 nitrogen and oxygen atoms in total. The normalized spacial score (nSPS) is 11.9. The van der Waals surface area contributed by atoms with Crippen molar-refractivity contribution >= 4 is 0 Å². The van der Waals surface area contributed by atoms with Crippen molar-refractivity contribution in [3.05, 3.63) is 0 Å². The SMILES string of the molecule is CC#CCCNC(CC)CCC. The molecule has 0 radical (unpaired) electrons. The summed E-state index contributed by atoms with van der Waals surface area (Å²) in [4.78, 5) is 0. The first-order valence-electron chi connectivity index (χ1n) is 4.98. The van der Waals surface area contributed by atoms with Crippen LogP contribution in [0.15, 0.2) is 0 Å². The zero-order valence-corrected chi connectivity index (χ0v) is 8.61. The fourth-order valence-corrected chi connectivity index (χ4v) is 1.26. The second-order valence-electron chi connectivity index (χ2n) is 3.02. The van der Waals surface area contributed by atoms with Crippen LogP contribution in [-0.2, 0) is 0 Å². The molecule has 0 aliphatic heterocycles. The summed E-state index contributed by atoms with van der Waals surface area (Å²) in [6.45, 7) is 7.40. The lowest BCUT2D eigenvalue weighted by Crippen LogP contribution is -2.28. The molecule has 0 heterocycles. The Morgan fingerprint density at radius 2 is 2.08 bits per heavy atom. The topological polar surface area (TPSA) is 12.0 Å². The van der Waals surface area contributed by atoms with E-state index in [1.807, 2.05) is 6.92 Å². The summed E-state index contributed by atoms with van der Waals surface area (Å²) in [7, 11) is 0. The van der Waals surface area contributed by atoms with Crippen LogP contribution in [0.4, 0.5) is 0 Å². The van der Waals surface area contributed by atoms with Gasteiger partial charge in [0.05, 0.1) is 0 Å². The van der Waals surface area contributed by atoms with E-state index in [2.05, 4.69) is 31.0 Å². The van der Waals surface area contributed by atoms with Crippen LogP contribution in [0.2, 0.25) is 0 Å². The molecule has 0 aromatic heterocycles. The van der Waals surface area contributed by atoms with Gasteiger partial charge in [-0.05, 0) is 19.8 Å². The molecule has 0 aliphatic carbocycles. The third-order valence-electron chi connectivity index (χ3n) is 1.99. The molecule has 0 rings (SSSR count). The van der Waals surface area contributed by atoms with Gasteiger partial charge in [0.25, 0.3) is 0 Å². The van der Waals surface area contributed by atoms with Gasteiger partial charge < -0.3 is 5.32 Å². The molecule has 0 aromatic rings. The molecule has 0 aromatic carbocycles. The van der Waals surface area contributed by atoms with Crippen LogP contribution in [0.3, 0.4) is 0 Å². The molecule has 1 N–H and O–H groups in total. The lowest BCUT2D eigenvalue weighted by atomic mass is 10.1. The smallest absolute Gasteiger partial charge is 0.0214 e. The van der Waals surface area contributed by atoms with Crippen molar-refractivity contribution in [2.75, 3.05) is 6.54 Å². The molecule has 0 spiro atoms. The van der Waals surface area contributed by atoms with Gasteiger partial charge in [-0.1, -0.05) is 20.3 Å². The number of hydrogen-bond donors (Lipinski definition) is 1. The van der Waals surface area contributed by atoms with Crippen molar-refractivity contribution in [2.24, 2.45) is 0 Å². The molecule has 1 atom stereocenters. The van der Waals surface area contributed by atoms with Gasteiger partial charge in [0, 0.05) is 19.0 Å². The molecular weight excluding hydrogens is 146 g/mol. The van der Waals surface area contributed by atoms with Crippen LogP contribution in [0, 0.1) is 11.8 Å². The molecular formula is C11H21N. The molecule has 0 bridgehead atoms. The van der Waals surface area contributed by atoms with Crippen LogP contribution >= 0.6 is 0 Å². The maximum atomic E-state index is 3.50. The first-order chi connectivity index (χ1) is 5.85. The third-order valence-corrected chi connectivity index (χ3v) is 1.99. The second-order valence-corrected chi connectivity index (χ2v) is 3.02. The minimum Gasteiger partial charge on any atom is -0.313 e. The maximum absolute atomic E-state index is 3.50.